The number of nitrogens with zero attached hydrogens (tertiary/aromatic N) is 2. The van der Waals surface area contributed by atoms with Crippen molar-refractivity contribution < 1.29 is 22.9 Å². The molecule has 0 unspecified atom stereocenters. The number of carbonyl (C=O) groups excluding carboxylic acids is 1. The molecule has 0 bridgehead atoms. The maximum Gasteiger partial charge on any atom is 0.412 e. The van der Waals surface area contributed by atoms with Gasteiger partial charge in [-0.2, -0.15) is 0 Å². The number of hydrogen-bond donors (Lipinski definition) is 2. The van der Waals surface area contributed by atoms with Crippen LogP contribution in [-0.2, 0) is 14.6 Å². The first-order chi connectivity index (χ1) is 17.2. The number of thioether (sulfide) groups is 1. The van der Waals surface area contributed by atoms with Crippen LogP contribution in [0.3, 0.4) is 0 Å². The average molecular weight is 563 g/mol. The van der Waals surface area contributed by atoms with Crippen molar-refractivity contribution in [3.05, 3.63) is 58.1 Å². The van der Waals surface area contributed by atoms with Gasteiger partial charge in [0.15, 0.2) is 0 Å². The first-order valence-corrected chi connectivity index (χ1v) is 14.4. The number of anilines is 1. The molecule has 0 aliphatic carbocycles. The third kappa shape index (κ3) is 6.67. The minimum absolute atomic E-state index is 0.0222. The SMILES string of the molecule is CSc1sc(N=CNC(=O)OC(C)(C)C)cc1S(=O)(=O)c1cccc(-c2c(C)cc(N)cc2[N+](=O)[O-])c1. The highest BCUT2D eigenvalue weighted by Gasteiger charge is 2.26. The van der Waals surface area contributed by atoms with Gasteiger partial charge in [-0.15, -0.1) is 23.1 Å². The van der Waals surface area contributed by atoms with Crippen molar-refractivity contribution in [2.45, 2.75) is 47.3 Å². The van der Waals surface area contributed by atoms with E-state index in [-0.39, 0.29) is 21.2 Å². The van der Waals surface area contributed by atoms with Crippen molar-refractivity contribution in [3.63, 3.8) is 0 Å². The Morgan fingerprint density at radius 1 is 1.24 bits per heavy atom. The van der Waals surface area contributed by atoms with Gasteiger partial charge in [0.2, 0.25) is 9.84 Å². The third-order valence-corrected chi connectivity index (χ3v) is 9.08. The molecule has 0 spiro atoms. The van der Waals surface area contributed by atoms with Crippen LogP contribution in [0.2, 0.25) is 0 Å². The normalized spacial score (nSPS) is 12.0. The van der Waals surface area contributed by atoms with Gasteiger partial charge in [-0.05, 0) is 69.3 Å². The summed E-state index contributed by atoms with van der Waals surface area (Å²) in [6.45, 7) is 6.87. The monoisotopic (exact) mass is 562 g/mol. The first kappa shape index (κ1) is 28.2. The van der Waals surface area contributed by atoms with E-state index >= 15 is 0 Å². The number of nitrogens with one attached hydrogen (secondary N) is 1. The largest absolute Gasteiger partial charge is 0.444 e. The molecule has 0 aliphatic heterocycles. The van der Waals surface area contributed by atoms with E-state index in [2.05, 4.69) is 10.3 Å². The predicted octanol–water partition coefficient (Wildman–Crippen LogP) is 5.95. The van der Waals surface area contributed by atoms with Crippen molar-refractivity contribution in [1.82, 2.24) is 5.32 Å². The Balaban J connectivity index is 1.98. The van der Waals surface area contributed by atoms with Gasteiger partial charge in [0.05, 0.1) is 30.8 Å². The molecular weight excluding hydrogens is 536 g/mol. The Hall–Kier alpha value is -3.42. The number of nitrogen functional groups attached to an aromatic ring is 1. The molecule has 2 aromatic carbocycles. The fourth-order valence-corrected chi connectivity index (χ4v) is 7.33. The number of alkyl carbamates (subject to hydrolysis) is 1. The van der Waals surface area contributed by atoms with Crippen molar-refractivity contribution in [2.24, 2.45) is 4.99 Å². The minimum atomic E-state index is -4.00. The highest BCUT2D eigenvalue weighted by atomic mass is 32.2. The fourth-order valence-electron chi connectivity index (χ4n) is 3.46. The number of sulfone groups is 1. The molecule has 3 aromatic rings. The van der Waals surface area contributed by atoms with Crippen molar-refractivity contribution in [3.8, 4) is 11.1 Å². The lowest BCUT2D eigenvalue weighted by atomic mass is 9.98. The molecule has 0 saturated heterocycles. The molecule has 10 nitrogen and oxygen atoms in total. The van der Waals surface area contributed by atoms with Crippen LogP contribution in [0.4, 0.5) is 21.2 Å². The zero-order valence-electron chi connectivity index (χ0n) is 20.8. The highest BCUT2D eigenvalue weighted by Crippen LogP contribution is 2.42. The van der Waals surface area contributed by atoms with Gasteiger partial charge >= 0.3 is 6.09 Å². The number of nitro groups is 1. The van der Waals surface area contributed by atoms with Crippen molar-refractivity contribution in [1.29, 1.82) is 0 Å². The van der Waals surface area contributed by atoms with Crippen LogP contribution < -0.4 is 11.1 Å². The summed E-state index contributed by atoms with van der Waals surface area (Å²) in [7, 11) is -4.00. The summed E-state index contributed by atoms with van der Waals surface area (Å²) in [5.41, 5.74) is 6.38. The van der Waals surface area contributed by atoms with Crippen LogP contribution in [0.15, 0.2) is 61.5 Å². The van der Waals surface area contributed by atoms with Gasteiger partial charge in [0, 0.05) is 11.8 Å². The third-order valence-electron chi connectivity index (χ3n) is 4.87. The zero-order chi connectivity index (χ0) is 27.5. The van der Waals surface area contributed by atoms with E-state index in [4.69, 9.17) is 10.5 Å². The summed E-state index contributed by atoms with van der Waals surface area (Å²) in [4.78, 5) is 27.1. The van der Waals surface area contributed by atoms with E-state index in [1.165, 1.54) is 42.1 Å². The maximum atomic E-state index is 13.6. The van der Waals surface area contributed by atoms with Crippen LogP contribution in [0.25, 0.3) is 11.1 Å². The molecule has 37 heavy (non-hydrogen) atoms. The first-order valence-electron chi connectivity index (χ1n) is 10.8. The number of aliphatic imine (C=N–C) groups is 1. The molecule has 13 heteroatoms. The van der Waals surface area contributed by atoms with Crippen LogP contribution in [0.1, 0.15) is 26.3 Å². The number of nitrogens with two attached hydrogens (primary N) is 1. The average Bonchev–Trinajstić information content (AvgIpc) is 3.21. The Morgan fingerprint density at radius 2 is 1.95 bits per heavy atom. The molecule has 1 aromatic heterocycles. The van der Waals surface area contributed by atoms with E-state index in [1.807, 2.05) is 0 Å². The summed E-state index contributed by atoms with van der Waals surface area (Å²) in [6.07, 6.45) is 2.20. The molecular formula is C24H26N4O6S3. The smallest absolute Gasteiger partial charge is 0.412 e. The Morgan fingerprint density at radius 3 is 2.57 bits per heavy atom. The van der Waals surface area contributed by atoms with Gasteiger partial charge in [0.1, 0.15) is 10.6 Å². The summed E-state index contributed by atoms with van der Waals surface area (Å²) < 4.78 is 32.9. The number of aryl methyl sites for hydroxylation is 1. The van der Waals surface area contributed by atoms with E-state index in [9.17, 15) is 23.3 Å². The quantitative estimate of drug-likeness (QED) is 0.0893. The van der Waals surface area contributed by atoms with Crippen LogP contribution in [0.5, 0.6) is 0 Å². The number of thiophene rings is 1. The summed E-state index contributed by atoms with van der Waals surface area (Å²) in [5, 5.41) is 14.4. The highest BCUT2D eigenvalue weighted by molar-refractivity contribution is 8.01. The molecule has 3 rings (SSSR count). The van der Waals surface area contributed by atoms with Gasteiger partial charge in [0.25, 0.3) is 5.69 Å². The summed E-state index contributed by atoms with van der Waals surface area (Å²) in [6, 6.07) is 10.3. The molecule has 0 radical (unpaired) electrons. The second kappa shape index (κ2) is 10.9. The lowest BCUT2D eigenvalue weighted by molar-refractivity contribution is -0.384. The number of benzene rings is 2. The fraction of sp³-hybridized carbons (Fsp3) is 0.250. The molecule has 0 aliphatic rings. The van der Waals surface area contributed by atoms with Gasteiger partial charge in [-0.1, -0.05) is 12.1 Å². The molecule has 1 amide bonds. The summed E-state index contributed by atoms with van der Waals surface area (Å²) in [5.74, 6) is 0. The molecule has 0 atom stereocenters. The molecule has 0 saturated carbocycles. The Bertz CT molecular complexity index is 1490. The molecule has 196 valence electrons. The zero-order valence-corrected chi connectivity index (χ0v) is 23.2. The van der Waals surface area contributed by atoms with E-state index in [0.717, 1.165) is 17.7 Å². The minimum Gasteiger partial charge on any atom is -0.444 e. The van der Waals surface area contributed by atoms with Gasteiger partial charge < -0.3 is 10.5 Å². The topological polar surface area (TPSA) is 154 Å². The Kier molecular flexibility index (Phi) is 8.30. The number of ether oxygens (including phenoxy) is 1. The van der Waals surface area contributed by atoms with Crippen LogP contribution >= 0.6 is 23.1 Å². The molecule has 0 fully saturated rings. The number of amides is 1. The van der Waals surface area contributed by atoms with Crippen molar-refractivity contribution in [2.75, 3.05) is 12.0 Å². The number of hydrogen-bond acceptors (Lipinski definition) is 10. The second-order valence-corrected chi connectivity index (χ2v) is 12.9. The van der Waals surface area contributed by atoms with Crippen LogP contribution in [-0.4, -0.2) is 37.6 Å². The molecule has 3 N–H and O–H groups in total. The lowest BCUT2D eigenvalue weighted by Gasteiger charge is -2.18. The van der Waals surface area contributed by atoms with Crippen molar-refractivity contribution >= 4 is 61.7 Å². The van der Waals surface area contributed by atoms with Gasteiger partial charge in [-0.3, -0.25) is 15.4 Å². The van der Waals surface area contributed by atoms with E-state index < -0.39 is 26.5 Å². The van der Waals surface area contributed by atoms with Gasteiger partial charge in [-0.25, -0.2) is 18.2 Å². The van der Waals surface area contributed by atoms with E-state index in [1.54, 1.807) is 46.1 Å². The second-order valence-electron chi connectivity index (χ2n) is 8.87. The standard InChI is InChI=1S/C24H26N4O6S3/c1-14-9-16(25)11-18(28(30)31)21(14)15-7-6-8-17(10-15)37(32,33)19-12-20(36-22(19)35-5)26-13-27-23(29)34-24(2,3)4/h6-13H,25H2,1-5H3,(H,26,27,29). The number of nitro benzene ring substituents is 1. The van der Waals surface area contributed by atoms with E-state index in [0.29, 0.717) is 25.9 Å². The lowest BCUT2D eigenvalue weighted by Crippen LogP contribution is -2.31. The maximum absolute atomic E-state index is 13.6. The number of carbonyl (C=O) groups is 1. The molecule has 1 heterocycles. The predicted molar refractivity (Wildman–Crippen MR) is 147 cm³/mol. The summed E-state index contributed by atoms with van der Waals surface area (Å²) >= 11 is 2.39. The number of rotatable bonds is 7. The van der Waals surface area contributed by atoms with Crippen LogP contribution in [0, 0.1) is 17.0 Å². The Labute approximate surface area is 223 Å².